The van der Waals surface area contributed by atoms with Crippen molar-refractivity contribution < 1.29 is 17.9 Å². The van der Waals surface area contributed by atoms with Crippen molar-refractivity contribution in [3.8, 4) is 5.75 Å². The summed E-state index contributed by atoms with van der Waals surface area (Å²) in [6, 6.07) is 4.32. The van der Waals surface area contributed by atoms with Crippen LogP contribution in [0.3, 0.4) is 0 Å². The molecular weight excluding hydrogens is 283 g/mol. The molecule has 4 nitrogen and oxygen atoms in total. The van der Waals surface area contributed by atoms with Crippen LogP contribution in [-0.2, 0) is 12.7 Å². The first-order valence-electron chi connectivity index (χ1n) is 6.65. The molecule has 1 saturated carbocycles. The van der Waals surface area contributed by atoms with Gasteiger partial charge in [0.25, 0.3) is 0 Å². The summed E-state index contributed by atoms with van der Waals surface area (Å²) in [6.07, 6.45) is -2.28. The molecule has 2 rings (SSSR count). The van der Waals surface area contributed by atoms with E-state index in [2.05, 4.69) is 15.6 Å². The highest BCUT2D eigenvalue weighted by atomic mass is 19.4. The summed E-state index contributed by atoms with van der Waals surface area (Å²) in [5, 5.41) is 6.03. The van der Waals surface area contributed by atoms with Gasteiger partial charge in [-0.25, -0.2) is 0 Å². The van der Waals surface area contributed by atoms with Crippen LogP contribution in [0.25, 0.3) is 0 Å². The highest BCUT2D eigenvalue weighted by Crippen LogP contribution is 2.34. The van der Waals surface area contributed by atoms with Gasteiger partial charge in [-0.3, -0.25) is 4.99 Å². The summed E-state index contributed by atoms with van der Waals surface area (Å²) >= 11 is 0. The van der Waals surface area contributed by atoms with Crippen molar-refractivity contribution in [1.82, 2.24) is 10.6 Å². The van der Waals surface area contributed by atoms with Gasteiger partial charge >= 0.3 is 6.18 Å². The maximum absolute atomic E-state index is 13.1. The Kier molecular flexibility index (Phi) is 4.59. The first kappa shape index (κ1) is 15.5. The zero-order chi connectivity index (χ0) is 15.5. The Hall–Kier alpha value is -1.92. The zero-order valence-electron chi connectivity index (χ0n) is 11.9. The Morgan fingerprint density at radius 3 is 2.62 bits per heavy atom. The van der Waals surface area contributed by atoms with E-state index in [1.165, 1.54) is 19.2 Å². The molecule has 1 fully saturated rings. The molecule has 116 valence electrons. The SMILES string of the molecule is CN=C(NCc1ccc(OC)cc1C(F)(F)F)NC1CC1. The maximum atomic E-state index is 13.1. The number of alkyl halides is 3. The van der Waals surface area contributed by atoms with Gasteiger partial charge in [0.05, 0.1) is 12.7 Å². The van der Waals surface area contributed by atoms with E-state index in [1.807, 2.05) is 0 Å². The summed E-state index contributed by atoms with van der Waals surface area (Å²) in [5.74, 6) is 0.702. The van der Waals surface area contributed by atoms with Crippen LogP contribution in [0.15, 0.2) is 23.2 Å². The van der Waals surface area contributed by atoms with E-state index >= 15 is 0 Å². The van der Waals surface area contributed by atoms with Gasteiger partial charge in [-0.05, 0) is 30.5 Å². The summed E-state index contributed by atoms with van der Waals surface area (Å²) in [6.45, 7) is 0.0469. The zero-order valence-corrected chi connectivity index (χ0v) is 11.9. The number of nitrogens with one attached hydrogen (secondary N) is 2. The number of benzene rings is 1. The average molecular weight is 301 g/mol. The fourth-order valence-corrected chi connectivity index (χ4v) is 1.90. The summed E-state index contributed by atoms with van der Waals surface area (Å²) in [4.78, 5) is 4.00. The number of ether oxygens (including phenoxy) is 1. The number of guanidine groups is 1. The molecule has 0 radical (unpaired) electrons. The van der Waals surface area contributed by atoms with E-state index in [4.69, 9.17) is 4.74 Å². The Morgan fingerprint density at radius 1 is 1.38 bits per heavy atom. The monoisotopic (exact) mass is 301 g/mol. The highest BCUT2D eigenvalue weighted by molar-refractivity contribution is 5.80. The van der Waals surface area contributed by atoms with Crippen LogP contribution in [-0.4, -0.2) is 26.2 Å². The number of nitrogens with zero attached hydrogens (tertiary/aromatic N) is 1. The molecule has 0 unspecified atom stereocenters. The van der Waals surface area contributed by atoms with E-state index in [-0.39, 0.29) is 17.9 Å². The van der Waals surface area contributed by atoms with E-state index in [0.717, 1.165) is 18.9 Å². The lowest BCUT2D eigenvalue weighted by Crippen LogP contribution is -2.38. The lowest BCUT2D eigenvalue weighted by molar-refractivity contribution is -0.138. The molecule has 1 aromatic carbocycles. The smallest absolute Gasteiger partial charge is 0.416 e. The normalized spacial score (nSPS) is 15.8. The second-order valence-electron chi connectivity index (χ2n) is 4.87. The van der Waals surface area contributed by atoms with Crippen molar-refractivity contribution >= 4 is 5.96 Å². The first-order valence-corrected chi connectivity index (χ1v) is 6.65. The molecule has 0 aliphatic heterocycles. The first-order chi connectivity index (χ1) is 9.94. The number of aliphatic imine (C=N–C) groups is 1. The standard InChI is InChI=1S/C14H18F3N3O/c1-18-13(20-10-4-5-10)19-8-9-3-6-11(21-2)7-12(9)14(15,16)17/h3,6-7,10H,4-5,8H2,1-2H3,(H2,18,19,20). The molecule has 0 amide bonds. The Morgan fingerprint density at radius 2 is 2.10 bits per heavy atom. The van der Waals surface area contributed by atoms with Crippen molar-refractivity contribution in [2.75, 3.05) is 14.2 Å². The molecule has 0 heterocycles. The second-order valence-corrected chi connectivity index (χ2v) is 4.87. The molecule has 0 spiro atoms. The molecule has 0 bridgehead atoms. The molecule has 1 aliphatic carbocycles. The van der Waals surface area contributed by atoms with Gasteiger partial charge in [0, 0.05) is 19.6 Å². The number of hydrogen-bond acceptors (Lipinski definition) is 2. The van der Waals surface area contributed by atoms with Crippen molar-refractivity contribution in [2.45, 2.75) is 31.6 Å². The molecular formula is C14H18F3N3O. The lowest BCUT2D eigenvalue weighted by Gasteiger charge is -2.16. The fourth-order valence-electron chi connectivity index (χ4n) is 1.90. The minimum atomic E-state index is -4.42. The molecule has 2 N–H and O–H groups in total. The van der Waals surface area contributed by atoms with Gasteiger partial charge in [-0.2, -0.15) is 13.2 Å². The van der Waals surface area contributed by atoms with Gasteiger partial charge in [0.2, 0.25) is 0 Å². The van der Waals surface area contributed by atoms with Gasteiger partial charge in [0.15, 0.2) is 5.96 Å². The topological polar surface area (TPSA) is 45.7 Å². The van der Waals surface area contributed by atoms with E-state index in [1.54, 1.807) is 7.05 Å². The van der Waals surface area contributed by atoms with Crippen LogP contribution < -0.4 is 15.4 Å². The quantitative estimate of drug-likeness (QED) is 0.663. The number of methoxy groups -OCH3 is 1. The van der Waals surface area contributed by atoms with E-state index < -0.39 is 11.7 Å². The van der Waals surface area contributed by atoms with Crippen LogP contribution in [0.2, 0.25) is 0 Å². The molecule has 0 saturated heterocycles. The number of rotatable bonds is 4. The maximum Gasteiger partial charge on any atom is 0.416 e. The molecule has 7 heteroatoms. The van der Waals surface area contributed by atoms with Crippen LogP contribution in [0.5, 0.6) is 5.75 Å². The van der Waals surface area contributed by atoms with Crippen molar-refractivity contribution in [3.63, 3.8) is 0 Å². The third kappa shape index (κ3) is 4.27. The van der Waals surface area contributed by atoms with E-state index in [9.17, 15) is 13.2 Å². The number of hydrogen-bond donors (Lipinski definition) is 2. The van der Waals surface area contributed by atoms with Gasteiger partial charge in [-0.15, -0.1) is 0 Å². The Bertz CT molecular complexity index is 525. The minimum Gasteiger partial charge on any atom is -0.497 e. The Balaban J connectivity index is 2.11. The summed E-state index contributed by atoms with van der Waals surface area (Å²) < 4.78 is 44.0. The predicted molar refractivity (Wildman–Crippen MR) is 74.4 cm³/mol. The minimum absolute atomic E-state index is 0.0469. The average Bonchev–Trinajstić information content (AvgIpc) is 3.26. The van der Waals surface area contributed by atoms with Crippen molar-refractivity contribution in [2.24, 2.45) is 4.99 Å². The fraction of sp³-hybridized carbons (Fsp3) is 0.500. The number of halogens is 3. The highest BCUT2D eigenvalue weighted by Gasteiger charge is 2.33. The molecule has 0 aromatic heterocycles. The molecule has 0 atom stereocenters. The van der Waals surface area contributed by atoms with Crippen LogP contribution in [0, 0.1) is 0 Å². The van der Waals surface area contributed by atoms with E-state index in [0.29, 0.717) is 12.0 Å². The van der Waals surface area contributed by atoms with Crippen LogP contribution in [0.1, 0.15) is 24.0 Å². The predicted octanol–water partition coefficient (Wildman–Crippen LogP) is 2.54. The van der Waals surface area contributed by atoms with Gasteiger partial charge in [0.1, 0.15) is 5.75 Å². The Labute approximate surface area is 121 Å². The van der Waals surface area contributed by atoms with Crippen molar-refractivity contribution in [1.29, 1.82) is 0 Å². The van der Waals surface area contributed by atoms with Gasteiger partial charge < -0.3 is 15.4 Å². The van der Waals surface area contributed by atoms with Crippen LogP contribution >= 0.6 is 0 Å². The van der Waals surface area contributed by atoms with Crippen LogP contribution in [0.4, 0.5) is 13.2 Å². The molecule has 1 aromatic rings. The molecule has 21 heavy (non-hydrogen) atoms. The molecule has 1 aliphatic rings. The summed E-state index contributed by atoms with van der Waals surface area (Å²) in [5.41, 5.74) is -0.543. The third-order valence-corrected chi connectivity index (χ3v) is 3.21. The summed E-state index contributed by atoms with van der Waals surface area (Å²) in [7, 11) is 2.94. The second kappa shape index (κ2) is 6.24. The third-order valence-electron chi connectivity index (χ3n) is 3.21. The largest absolute Gasteiger partial charge is 0.497 e. The lowest BCUT2D eigenvalue weighted by atomic mass is 10.1. The van der Waals surface area contributed by atoms with Gasteiger partial charge in [-0.1, -0.05) is 6.07 Å². The van der Waals surface area contributed by atoms with Crippen molar-refractivity contribution in [3.05, 3.63) is 29.3 Å².